The fourth-order valence-electron chi connectivity index (χ4n) is 1.62. The van der Waals surface area contributed by atoms with Crippen molar-refractivity contribution in [2.24, 2.45) is 0 Å². The summed E-state index contributed by atoms with van der Waals surface area (Å²) >= 11 is 0. The van der Waals surface area contributed by atoms with Crippen LogP contribution < -0.4 is 0 Å². The molecule has 0 spiro atoms. The lowest BCUT2D eigenvalue weighted by atomic mass is 10.2. The number of carboxylic acid groups (broad SMARTS) is 1. The van der Waals surface area contributed by atoms with E-state index >= 15 is 0 Å². The Hall–Kier alpha value is -1.59. The molecule has 1 rings (SSSR count). The minimum atomic E-state index is -0.883. The molecule has 0 aromatic heterocycles. The van der Waals surface area contributed by atoms with E-state index in [9.17, 15) is 14.4 Å². The van der Waals surface area contributed by atoms with Crippen molar-refractivity contribution in [2.75, 3.05) is 26.2 Å². The monoisotopic (exact) mass is 228 g/mol. The van der Waals surface area contributed by atoms with Crippen LogP contribution in [0.15, 0.2) is 0 Å². The molecule has 0 bridgehead atoms. The SMILES string of the molecule is CCN1CC(=O)N(CCCC(=O)O)CC1=O. The van der Waals surface area contributed by atoms with E-state index in [-0.39, 0.29) is 31.3 Å². The maximum atomic E-state index is 11.6. The lowest BCUT2D eigenvalue weighted by molar-refractivity contribution is -0.150. The van der Waals surface area contributed by atoms with Crippen LogP contribution in [0.25, 0.3) is 0 Å². The van der Waals surface area contributed by atoms with Gasteiger partial charge in [0.05, 0.1) is 13.1 Å². The molecule has 90 valence electrons. The van der Waals surface area contributed by atoms with Gasteiger partial charge in [-0.2, -0.15) is 0 Å². The van der Waals surface area contributed by atoms with Gasteiger partial charge in [-0.3, -0.25) is 14.4 Å². The number of carboxylic acids is 1. The van der Waals surface area contributed by atoms with Crippen molar-refractivity contribution >= 4 is 17.8 Å². The Kier molecular flexibility index (Phi) is 4.28. The Morgan fingerprint density at radius 2 is 1.81 bits per heavy atom. The van der Waals surface area contributed by atoms with E-state index in [4.69, 9.17) is 5.11 Å². The number of aliphatic carboxylic acids is 1. The molecule has 1 aliphatic rings. The van der Waals surface area contributed by atoms with E-state index in [1.807, 2.05) is 6.92 Å². The lowest BCUT2D eigenvalue weighted by Crippen LogP contribution is -2.53. The second-order valence-corrected chi connectivity index (χ2v) is 3.72. The van der Waals surface area contributed by atoms with Gasteiger partial charge in [0.15, 0.2) is 0 Å². The van der Waals surface area contributed by atoms with E-state index in [0.717, 1.165) is 0 Å². The smallest absolute Gasteiger partial charge is 0.303 e. The van der Waals surface area contributed by atoms with Crippen LogP contribution in [0.2, 0.25) is 0 Å². The number of hydrogen-bond donors (Lipinski definition) is 1. The van der Waals surface area contributed by atoms with Gasteiger partial charge in [-0.25, -0.2) is 0 Å². The standard InChI is InChI=1S/C10H16N2O4/c1-2-11-6-9(14)12(7-8(11)13)5-3-4-10(15)16/h2-7H2,1H3,(H,15,16). The summed E-state index contributed by atoms with van der Waals surface area (Å²) in [6.45, 7) is 2.89. The maximum Gasteiger partial charge on any atom is 0.303 e. The first-order valence-electron chi connectivity index (χ1n) is 5.32. The van der Waals surface area contributed by atoms with E-state index in [1.165, 1.54) is 9.80 Å². The first-order chi connectivity index (χ1) is 7.54. The number of carbonyl (C=O) groups excluding carboxylic acids is 2. The molecule has 1 saturated heterocycles. The lowest BCUT2D eigenvalue weighted by Gasteiger charge is -2.33. The van der Waals surface area contributed by atoms with Crippen LogP contribution >= 0.6 is 0 Å². The molecule has 0 saturated carbocycles. The summed E-state index contributed by atoms with van der Waals surface area (Å²) in [5.74, 6) is -1.06. The molecule has 16 heavy (non-hydrogen) atoms. The van der Waals surface area contributed by atoms with Gasteiger partial charge >= 0.3 is 5.97 Å². The number of hydrogen-bond acceptors (Lipinski definition) is 3. The van der Waals surface area contributed by atoms with Gasteiger partial charge < -0.3 is 14.9 Å². The predicted molar refractivity (Wildman–Crippen MR) is 55.7 cm³/mol. The molecule has 6 heteroatoms. The molecule has 1 N–H and O–H groups in total. The third kappa shape index (κ3) is 3.22. The Morgan fingerprint density at radius 3 is 2.38 bits per heavy atom. The van der Waals surface area contributed by atoms with Crippen molar-refractivity contribution in [1.82, 2.24) is 9.80 Å². The number of carbonyl (C=O) groups is 3. The molecule has 1 heterocycles. The molecule has 0 unspecified atom stereocenters. The van der Waals surface area contributed by atoms with E-state index < -0.39 is 5.97 Å². The summed E-state index contributed by atoms with van der Waals surface area (Å²) in [4.78, 5) is 36.3. The maximum absolute atomic E-state index is 11.6. The molecule has 1 fully saturated rings. The molecule has 1 aliphatic heterocycles. The Bertz CT molecular complexity index is 303. The highest BCUT2D eigenvalue weighted by atomic mass is 16.4. The van der Waals surface area contributed by atoms with Crippen LogP contribution in [0.4, 0.5) is 0 Å². The fraction of sp³-hybridized carbons (Fsp3) is 0.700. The summed E-state index contributed by atoms with van der Waals surface area (Å²) in [5, 5.41) is 8.46. The van der Waals surface area contributed by atoms with Crippen LogP contribution in [0, 0.1) is 0 Å². The molecule has 6 nitrogen and oxygen atoms in total. The summed E-state index contributed by atoms with van der Waals surface area (Å²) in [6, 6.07) is 0. The van der Waals surface area contributed by atoms with Gasteiger partial charge in [0.1, 0.15) is 0 Å². The zero-order valence-corrected chi connectivity index (χ0v) is 9.31. The minimum absolute atomic E-state index is 0.0233. The summed E-state index contributed by atoms with van der Waals surface area (Å²) in [7, 11) is 0. The van der Waals surface area contributed by atoms with Crippen molar-refractivity contribution < 1.29 is 19.5 Å². The van der Waals surface area contributed by atoms with Gasteiger partial charge in [0.25, 0.3) is 0 Å². The second-order valence-electron chi connectivity index (χ2n) is 3.72. The fourth-order valence-corrected chi connectivity index (χ4v) is 1.62. The van der Waals surface area contributed by atoms with Crippen molar-refractivity contribution in [3.63, 3.8) is 0 Å². The van der Waals surface area contributed by atoms with Crippen LogP contribution in [0.5, 0.6) is 0 Å². The largest absolute Gasteiger partial charge is 0.481 e. The molecule has 0 aromatic carbocycles. The molecule has 0 radical (unpaired) electrons. The number of piperazine rings is 1. The topological polar surface area (TPSA) is 77.9 Å². The molecule has 0 aromatic rings. The highest BCUT2D eigenvalue weighted by Crippen LogP contribution is 2.06. The number of amides is 2. The number of likely N-dealkylation sites (N-methyl/N-ethyl adjacent to an activating group) is 1. The van der Waals surface area contributed by atoms with Gasteiger partial charge in [-0.15, -0.1) is 0 Å². The van der Waals surface area contributed by atoms with Crippen molar-refractivity contribution in [2.45, 2.75) is 19.8 Å². The minimum Gasteiger partial charge on any atom is -0.481 e. The summed E-state index contributed by atoms with van der Waals surface area (Å²) in [5.41, 5.74) is 0. The first-order valence-corrected chi connectivity index (χ1v) is 5.32. The van der Waals surface area contributed by atoms with Crippen molar-refractivity contribution in [3.05, 3.63) is 0 Å². The van der Waals surface area contributed by atoms with E-state index in [2.05, 4.69) is 0 Å². The van der Waals surface area contributed by atoms with Crippen molar-refractivity contribution in [3.8, 4) is 0 Å². The quantitative estimate of drug-likeness (QED) is 0.690. The summed E-state index contributed by atoms with van der Waals surface area (Å²) < 4.78 is 0. The average molecular weight is 228 g/mol. The normalized spacial score (nSPS) is 16.8. The number of nitrogens with zero attached hydrogens (tertiary/aromatic N) is 2. The molecule has 0 atom stereocenters. The third-order valence-electron chi connectivity index (χ3n) is 2.56. The van der Waals surface area contributed by atoms with Crippen LogP contribution in [-0.2, 0) is 14.4 Å². The molecule has 0 aliphatic carbocycles. The summed E-state index contributed by atoms with van der Waals surface area (Å²) in [6.07, 6.45) is 0.413. The highest BCUT2D eigenvalue weighted by Gasteiger charge is 2.28. The predicted octanol–water partition coefficient (Wildman–Crippen LogP) is -0.458. The Balaban J connectivity index is 2.41. The molecular formula is C10H16N2O4. The molecule has 2 amide bonds. The highest BCUT2D eigenvalue weighted by molar-refractivity contribution is 5.92. The van der Waals surface area contributed by atoms with Gasteiger partial charge in [0, 0.05) is 19.5 Å². The van der Waals surface area contributed by atoms with Crippen LogP contribution in [0.3, 0.4) is 0 Å². The Labute approximate surface area is 93.8 Å². The van der Waals surface area contributed by atoms with E-state index in [0.29, 0.717) is 19.5 Å². The van der Waals surface area contributed by atoms with Crippen LogP contribution in [-0.4, -0.2) is 58.9 Å². The zero-order chi connectivity index (χ0) is 12.1. The second kappa shape index (κ2) is 5.48. The first kappa shape index (κ1) is 12.5. The van der Waals surface area contributed by atoms with E-state index in [1.54, 1.807) is 0 Å². The zero-order valence-electron chi connectivity index (χ0n) is 9.31. The van der Waals surface area contributed by atoms with Gasteiger partial charge in [-0.1, -0.05) is 0 Å². The number of rotatable bonds is 5. The van der Waals surface area contributed by atoms with Crippen LogP contribution in [0.1, 0.15) is 19.8 Å². The van der Waals surface area contributed by atoms with Gasteiger partial charge in [-0.05, 0) is 13.3 Å². The van der Waals surface area contributed by atoms with Gasteiger partial charge in [0.2, 0.25) is 11.8 Å². The molecular weight excluding hydrogens is 212 g/mol. The third-order valence-corrected chi connectivity index (χ3v) is 2.56. The average Bonchev–Trinajstić information content (AvgIpc) is 2.22. The Morgan fingerprint density at radius 1 is 1.25 bits per heavy atom. The van der Waals surface area contributed by atoms with Crippen molar-refractivity contribution in [1.29, 1.82) is 0 Å².